The van der Waals surface area contributed by atoms with Gasteiger partial charge in [0, 0.05) is 16.2 Å². The molecule has 0 heterocycles. The SMILES string of the molecule is CC(=O)Nc1ccc(S(=O)(=O)Nc2ccc(I)cc2C)cc1. The maximum Gasteiger partial charge on any atom is 0.261 e. The molecule has 5 nitrogen and oxygen atoms in total. The van der Waals surface area contributed by atoms with E-state index in [0.29, 0.717) is 11.4 Å². The predicted octanol–water partition coefficient (Wildman–Crippen LogP) is 3.36. The van der Waals surface area contributed by atoms with Crippen molar-refractivity contribution in [3.8, 4) is 0 Å². The summed E-state index contributed by atoms with van der Waals surface area (Å²) in [5.74, 6) is -0.205. The zero-order chi connectivity index (χ0) is 16.3. The van der Waals surface area contributed by atoms with Gasteiger partial charge in [-0.25, -0.2) is 8.42 Å². The third kappa shape index (κ3) is 4.20. The van der Waals surface area contributed by atoms with Crippen LogP contribution >= 0.6 is 22.6 Å². The van der Waals surface area contributed by atoms with E-state index in [9.17, 15) is 13.2 Å². The molecule has 0 saturated carbocycles. The average Bonchev–Trinajstić information content (AvgIpc) is 2.42. The molecule has 1 amide bonds. The highest BCUT2D eigenvalue weighted by Crippen LogP contribution is 2.22. The van der Waals surface area contributed by atoms with Gasteiger partial charge in [0.05, 0.1) is 10.6 Å². The molecule has 0 aromatic heterocycles. The molecule has 0 fully saturated rings. The van der Waals surface area contributed by atoms with E-state index < -0.39 is 10.0 Å². The van der Waals surface area contributed by atoms with Gasteiger partial charge in [-0.3, -0.25) is 9.52 Å². The van der Waals surface area contributed by atoms with E-state index in [1.54, 1.807) is 18.2 Å². The van der Waals surface area contributed by atoms with Gasteiger partial charge in [-0.1, -0.05) is 0 Å². The fourth-order valence-corrected chi connectivity index (χ4v) is 3.64. The molecule has 22 heavy (non-hydrogen) atoms. The fraction of sp³-hybridized carbons (Fsp3) is 0.133. The van der Waals surface area contributed by atoms with Gasteiger partial charge in [-0.05, 0) is 77.5 Å². The summed E-state index contributed by atoms with van der Waals surface area (Å²) >= 11 is 2.17. The summed E-state index contributed by atoms with van der Waals surface area (Å²) < 4.78 is 28.4. The Kier molecular flexibility index (Phi) is 5.07. The minimum atomic E-state index is -3.66. The molecule has 0 aliphatic carbocycles. The normalized spacial score (nSPS) is 11.0. The second kappa shape index (κ2) is 6.66. The van der Waals surface area contributed by atoms with Crippen LogP contribution in [0.3, 0.4) is 0 Å². The minimum absolute atomic E-state index is 0.138. The van der Waals surface area contributed by atoms with E-state index in [1.165, 1.54) is 19.1 Å². The third-order valence-electron chi connectivity index (χ3n) is 2.92. The molecule has 0 saturated heterocycles. The molecule has 0 atom stereocenters. The lowest BCUT2D eigenvalue weighted by Gasteiger charge is -2.11. The first-order valence-electron chi connectivity index (χ1n) is 6.44. The average molecular weight is 430 g/mol. The van der Waals surface area contributed by atoms with Crippen molar-refractivity contribution in [3.63, 3.8) is 0 Å². The second-order valence-corrected chi connectivity index (χ2v) is 7.70. The Bertz CT molecular complexity index is 802. The lowest BCUT2D eigenvalue weighted by Crippen LogP contribution is -2.14. The number of amides is 1. The molecule has 0 aliphatic heterocycles. The molecule has 7 heteroatoms. The van der Waals surface area contributed by atoms with Crippen molar-refractivity contribution >= 4 is 49.9 Å². The van der Waals surface area contributed by atoms with Crippen LogP contribution in [-0.2, 0) is 14.8 Å². The topological polar surface area (TPSA) is 75.3 Å². The second-order valence-electron chi connectivity index (χ2n) is 4.77. The van der Waals surface area contributed by atoms with Crippen LogP contribution in [0.2, 0.25) is 0 Å². The molecule has 0 spiro atoms. The molecular formula is C15H15IN2O3S. The van der Waals surface area contributed by atoms with Gasteiger partial charge < -0.3 is 5.32 Å². The van der Waals surface area contributed by atoms with Gasteiger partial charge in [-0.2, -0.15) is 0 Å². The highest BCUT2D eigenvalue weighted by Gasteiger charge is 2.15. The number of halogens is 1. The molecule has 0 unspecified atom stereocenters. The number of hydrogen-bond donors (Lipinski definition) is 2. The predicted molar refractivity (Wildman–Crippen MR) is 95.5 cm³/mol. The Morgan fingerprint density at radius 2 is 1.73 bits per heavy atom. The van der Waals surface area contributed by atoms with E-state index >= 15 is 0 Å². The van der Waals surface area contributed by atoms with E-state index in [4.69, 9.17) is 0 Å². The Hall–Kier alpha value is -1.61. The first-order chi connectivity index (χ1) is 10.3. The first kappa shape index (κ1) is 16.8. The maximum atomic E-state index is 12.4. The lowest BCUT2D eigenvalue weighted by atomic mass is 10.2. The number of nitrogens with one attached hydrogen (secondary N) is 2. The van der Waals surface area contributed by atoms with E-state index in [0.717, 1.165) is 9.13 Å². The first-order valence-corrected chi connectivity index (χ1v) is 9.01. The Morgan fingerprint density at radius 3 is 2.27 bits per heavy atom. The molecular weight excluding hydrogens is 415 g/mol. The minimum Gasteiger partial charge on any atom is -0.326 e. The number of benzene rings is 2. The zero-order valence-electron chi connectivity index (χ0n) is 12.1. The van der Waals surface area contributed by atoms with Crippen LogP contribution in [0.15, 0.2) is 47.4 Å². The van der Waals surface area contributed by atoms with Crippen molar-refractivity contribution in [2.24, 2.45) is 0 Å². The summed E-state index contributed by atoms with van der Waals surface area (Å²) in [6.45, 7) is 3.24. The smallest absolute Gasteiger partial charge is 0.261 e. The monoisotopic (exact) mass is 430 g/mol. The quantitative estimate of drug-likeness (QED) is 0.731. The van der Waals surface area contributed by atoms with Crippen LogP contribution in [0.5, 0.6) is 0 Å². The Labute approximate surface area is 143 Å². The fourth-order valence-electron chi connectivity index (χ4n) is 1.87. The van der Waals surface area contributed by atoms with Crippen LogP contribution in [0, 0.1) is 10.5 Å². The third-order valence-corrected chi connectivity index (χ3v) is 4.97. The number of rotatable bonds is 4. The van der Waals surface area contributed by atoms with Crippen molar-refractivity contribution in [3.05, 3.63) is 51.6 Å². The van der Waals surface area contributed by atoms with Crippen molar-refractivity contribution in [1.82, 2.24) is 0 Å². The highest BCUT2D eigenvalue weighted by molar-refractivity contribution is 14.1. The number of hydrogen-bond acceptors (Lipinski definition) is 3. The maximum absolute atomic E-state index is 12.4. The highest BCUT2D eigenvalue weighted by atomic mass is 127. The van der Waals surface area contributed by atoms with E-state index in [-0.39, 0.29) is 10.8 Å². The van der Waals surface area contributed by atoms with Gasteiger partial charge in [-0.15, -0.1) is 0 Å². The van der Waals surface area contributed by atoms with Crippen LogP contribution in [0.1, 0.15) is 12.5 Å². The van der Waals surface area contributed by atoms with Crippen molar-refractivity contribution < 1.29 is 13.2 Å². The van der Waals surface area contributed by atoms with Crippen LogP contribution in [0.25, 0.3) is 0 Å². The lowest BCUT2D eigenvalue weighted by molar-refractivity contribution is -0.114. The standard InChI is InChI=1S/C15H15IN2O3S/c1-10-9-12(16)3-8-15(10)18-22(20,21)14-6-4-13(5-7-14)17-11(2)19/h3-9,18H,1-2H3,(H,17,19). The van der Waals surface area contributed by atoms with E-state index in [2.05, 4.69) is 32.6 Å². The Morgan fingerprint density at radius 1 is 1.09 bits per heavy atom. The number of aryl methyl sites for hydroxylation is 1. The summed E-state index contributed by atoms with van der Waals surface area (Å²) in [7, 11) is -3.66. The molecule has 0 aliphatic rings. The summed E-state index contributed by atoms with van der Waals surface area (Å²) in [6.07, 6.45) is 0. The molecule has 2 aromatic carbocycles. The summed E-state index contributed by atoms with van der Waals surface area (Å²) in [5, 5.41) is 2.59. The number of sulfonamides is 1. The summed E-state index contributed by atoms with van der Waals surface area (Å²) in [6, 6.07) is 11.5. The molecule has 2 N–H and O–H groups in total. The van der Waals surface area contributed by atoms with Crippen molar-refractivity contribution in [1.29, 1.82) is 0 Å². The molecule has 116 valence electrons. The van der Waals surface area contributed by atoms with E-state index in [1.807, 2.05) is 19.1 Å². The van der Waals surface area contributed by atoms with Gasteiger partial charge in [0.2, 0.25) is 5.91 Å². The van der Waals surface area contributed by atoms with Gasteiger partial charge in [0.1, 0.15) is 0 Å². The molecule has 0 radical (unpaired) electrons. The summed E-state index contributed by atoms with van der Waals surface area (Å²) in [4.78, 5) is 11.1. The molecule has 2 rings (SSSR count). The number of carbonyl (C=O) groups excluding carboxylic acids is 1. The van der Waals surface area contributed by atoms with Gasteiger partial charge >= 0.3 is 0 Å². The number of anilines is 2. The van der Waals surface area contributed by atoms with Crippen molar-refractivity contribution in [2.45, 2.75) is 18.7 Å². The van der Waals surface area contributed by atoms with Gasteiger partial charge in [0.25, 0.3) is 10.0 Å². The summed E-state index contributed by atoms with van der Waals surface area (Å²) in [5.41, 5.74) is 1.95. The van der Waals surface area contributed by atoms with Crippen molar-refractivity contribution in [2.75, 3.05) is 10.0 Å². The van der Waals surface area contributed by atoms with Gasteiger partial charge in [0.15, 0.2) is 0 Å². The zero-order valence-corrected chi connectivity index (χ0v) is 15.0. The number of carbonyl (C=O) groups is 1. The van der Waals surface area contributed by atoms with Crippen LogP contribution in [0.4, 0.5) is 11.4 Å². The molecule has 0 bridgehead atoms. The molecule has 2 aromatic rings. The van der Waals surface area contributed by atoms with Crippen LogP contribution < -0.4 is 10.0 Å². The van der Waals surface area contributed by atoms with Crippen LogP contribution in [-0.4, -0.2) is 14.3 Å². The largest absolute Gasteiger partial charge is 0.326 e. The Balaban J connectivity index is 2.24.